The molecule has 1 amide bonds. The number of amides is 1. The van der Waals surface area contributed by atoms with Crippen molar-refractivity contribution < 1.29 is 35.9 Å². The third-order valence-corrected chi connectivity index (χ3v) is 7.13. The van der Waals surface area contributed by atoms with Crippen molar-refractivity contribution in [3.8, 4) is 0 Å². The van der Waals surface area contributed by atoms with E-state index in [1.807, 2.05) is 0 Å². The summed E-state index contributed by atoms with van der Waals surface area (Å²) >= 11 is 6.00. The zero-order valence-corrected chi connectivity index (χ0v) is 19.0. The summed E-state index contributed by atoms with van der Waals surface area (Å²) in [5.41, 5.74) is -0.0578. The number of rotatable bonds is 6. The molecule has 0 fully saturated rings. The van der Waals surface area contributed by atoms with Gasteiger partial charge in [0.25, 0.3) is 0 Å². The van der Waals surface area contributed by atoms with Crippen molar-refractivity contribution in [2.45, 2.75) is 35.0 Å². The first-order chi connectivity index (χ1) is 15.8. The highest BCUT2D eigenvalue weighted by Crippen LogP contribution is 2.34. The molecule has 5 nitrogen and oxygen atoms in total. The van der Waals surface area contributed by atoms with Crippen LogP contribution in [0.2, 0.25) is 5.02 Å². The molecule has 0 spiro atoms. The lowest BCUT2D eigenvalue weighted by Crippen LogP contribution is -2.38. The third-order valence-electron chi connectivity index (χ3n) is 5.05. The summed E-state index contributed by atoms with van der Waals surface area (Å²) in [6.07, 6.45) is -6.69. The van der Waals surface area contributed by atoms with Crippen LogP contribution >= 0.6 is 11.6 Å². The Bertz CT molecular complexity index is 1310. The number of hydrogen-bond donors (Lipinski definition) is 2. The molecule has 0 aliphatic rings. The Kier molecular flexibility index (Phi) is 7.35. The molecular weight excluding hydrogens is 498 g/mol. The molecule has 0 aliphatic carbocycles. The Labute approximate surface area is 197 Å². The highest BCUT2D eigenvalue weighted by molar-refractivity contribution is 7.91. The predicted octanol–water partition coefficient (Wildman–Crippen LogP) is 5.13. The van der Waals surface area contributed by atoms with E-state index < -0.39 is 39.9 Å². The largest absolute Gasteiger partial charge is 0.471 e. The van der Waals surface area contributed by atoms with Gasteiger partial charge in [0.15, 0.2) is 0 Å². The fraction of sp³-hybridized carbons (Fsp3) is 0.174. The van der Waals surface area contributed by atoms with E-state index in [4.69, 9.17) is 11.6 Å². The van der Waals surface area contributed by atoms with Crippen molar-refractivity contribution in [1.29, 1.82) is 0 Å². The van der Waals surface area contributed by atoms with E-state index in [1.165, 1.54) is 55.5 Å². The van der Waals surface area contributed by atoms with Gasteiger partial charge in [0.05, 0.1) is 15.8 Å². The maximum atomic E-state index is 14.2. The van der Waals surface area contributed by atoms with Crippen LogP contribution in [0.5, 0.6) is 0 Å². The number of alkyl halides is 3. The van der Waals surface area contributed by atoms with Gasteiger partial charge in [0.1, 0.15) is 11.9 Å². The summed E-state index contributed by atoms with van der Waals surface area (Å²) in [7, 11) is -4.25. The van der Waals surface area contributed by atoms with Crippen LogP contribution in [0.3, 0.4) is 0 Å². The van der Waals surface area contributed by atoms with Gasteiger partial charge in [0.2, 0.25) is 9.84 Å². The molecule has 34 heavy (non-hydrogen) atoms. The summed E-state index contributed by atoms with van der Waals surface area (Å²) in [4.78, 5) is 10.6. The highest BCUT2D eigenvalue weighted by Gasteiger charge is 2.39. The number of hydrogen-bond acceptors (Lipinski definition) is 4. The molecule has 0 aromatic heterocycles. The fourth-order valence-corrected chi connectivity index (χ4v) is 4.92. The summed E-state index contributed by atoms with van der Waals surface area (Å²) < 4.78 is 78.2. The Morgan fingerprint density at radius 3 is 2.21 bits per heavy atom. The lowest BCUT2D eigenvalue weighted by atomic mass is 10.0. The molecule has 0 bridgehead atoms. The fourth-order valence-electron chi connectivity index (χ4n) is 3.27. The molecule has 2 N–H and O–H groups in total. The van der Waals surface area contributed by atoms with Crippen LogP contribution in [0, 0.1) is 5.82 Å². The molecule has 0 saturated carbocycles. The molecule has 0 aliphatic heterocycles. The van der Waals surface area contributed by atoms with Gasteiger partial charge in [-0.15, -0.1) is 0 Å². The summed E-state index contributed by atoms with van der Waals surface area (Å²) in [5, 5.41) is 12.7. The molecule has 0 saturated heterocycles. The van der Waals surface area contributed by atoms with Crippen LogP contribution < -0.4 is 5.32 Å². The average molecular weight is 516 g/mol. The minimum Gasteiger partial charge on any atom is -0.384 e. The lowest BCUT2D eigenvalue weighted by Gasteiger charge is -2.18. The van der Waals surface area contributed by atoms with E-state index in [0.717, 1.165) is 18.2 Å². The molecule has 3 aromatic carbocycles. The van der Waals surface area contributed by atoms with Crippen molar-refractivity contribution in [1.82, 2.24) is 5.32 Å². The number of nitrogens with one attached hydrogen (secondary N) is 1. The van der Waals surface area contributed by atoms with E-state index in [2.05, 4.69) is 0 Å². The quantitative estimate of drug-likeness (QED) is 0.446. The van der Waals surface area contributed by atoms with E-state index in [-0.39, 0.29) is 31.5 Å². The van der Waals surface area contributed by atoms with Crippen LogP contribution in [0.15, 0.2) is 76.5 Å². The predicted molar refractivity (Wildman–Crippen MR) is 116 cm³/mol. The summed E-state index contributed by atoms with van der Waals surface area (Å²) in [6, 6.07) is 12.8. The van der Waals surface area contributed by atoms with Crippen molar-refractivity contribution in [3.63, 3.8) is 0 Å². The SMILES string of the molecule is C[C@H](NC(=O)C(F)(F)F)c1ccc(S(=O)(=O)c2ccc(Cl)cc2C(O)c2ccccc2F)cc1. The number of sulfone groups is 1. The Morgan fingerprint density at radius 2 is 1.62 bits per heavy atom. The van der Waals surface area contributed by atoms with Crippen molar-refractivity contribution in [2.75, 3.05) is 0 Å². The monoisotopic (exact) mass is 515 g/mol. The summed E-state index contributed by atoms with van der Waals surface area (Å²) in [6.45, 7) is 1.31. The number of carbonyl (C=O) groups is 1. The molecule has 180 valence electrons. The second-order valence-electron chi connectivity index (χ2n) is 7.37. The van der Waals surface area contributed by atoms with Gasteiger partial charge in [-0.3, -0.25) is 4.79 Å². The molecule has 3 aromatic rings. The highest BCUT2D eigenvalue weighted by atomic mass is 35.5. The average Bonchev–Trinajstić information content (AvgIpc) is 2.78. The van der Waals surface area contributed by atoms with Crippen molar-refractivity contribution in [3.05, 3.63) is 94.3 Å². The molecule has 3 rings (SSSR count). The van der Waals surface area contributed by atoms with Gasteiger partial charge in [0, 0.05) is 16.1 Å². The maximum absolute atomic E-state index is 14.2. The van der Waals surface area contributed by atoms with Gasteiger partial charge in [-0.25, -0.2) is 12.8 Å². The number of benzene rings is 3. The first-order valence-corrected chi connectivity index (χ1v) is 11.6. The molecule has 1 unspecified atom stereocenters. The standard InChI is InChI=1S/C23H18ClF4NO4S/c1-13(29-22(31)23(26,27)28)14-6-9-16(10-7-14)34(32,33)20-11-8-15(24)12-18(20)21(30)17-4-2-3-5-19(17)25/h2-13,21,30H,1H3,(H,29,31)/t13-,21?/m0/s1. The van der Waals surface area contributed by atoms with Crippen LogP contribution in [-0.4, -0.2) is 25.6 Å². The van der Waals surface area contributed by atoms with E-state index in [0.29, 0.717) is 0 Å². The van der Waals surface area contributed by atoms with Crippen molar-refractivity contribution in [2.24, 2.45) is 0 Å². The van der Waals surface area contributed by atoms with Crippen LogP contribution in [0.25, 0.3) is 0 Å². The number of aliphatic hydroxyl groups excluding tert-OH is 1. The van der Waals surface area contributed by atoms with Gasteiger partial charge in [-0.2, -0.15) is 13.2 Å². The first-order valence-electron chi connectivity index (χ1n) is 9.77. The van der Waals surface area contributed by atoms with Crippen LogP contribution in [0.1, 0.15) is 35.8 Å². The van der Waals surface area contributed by atoms with E-state index in [9.17, 15) is 35.9 Å². The third kappa shape index (κ3) is 5.40. The number of aliphatic hydroxyl groups is 1. The molecule has 0 heterocycles. The molecular formula is C23H18ClF4NO4S. The first kappa shape index (κ1) is 25.7. The number of carbonyl (C=O) groups excluding carboxylic acids is 1. The van der Waals surface area contributed by atoms with Gasteiger partial charge < -0.3 is 10.4 Å². The van der Waals surface area contributed by atoms with Crippen LogP contribution in [0.4, 0.5) is 17.6 Å². The smallest absolute Gasteiger partial charge is 0.384 e. The topological polar surface area (TPSA) is 83.5 Å². The minimum absolute atomic E-state index is 0.119. The number of halogens is 5. The second-order valence-corrected chi connectivity index (χ2v) is 9.73. The van der Waals surface area contributed by atoms with Gasteiger partial charge in [-0.1, -0.05) is 41.9 Å². The minimum atomic E-state index is -5.05. The summed E-state index contributed by atoms with van der Waals surface area (Å²) in [5.74, 6) is -2.86. The Balaban J connectivity index is 1.97. The zero-order chi connectivity index (χ0) is 25.3. The van der Waals surface area contributed by atoms with Crippen molar-refractivity contribution >= 4 is 27.3 Å². The molecule has 11 heteroatoms. The van der Waals surface area contributed by atoms with Gasteiger partial charge >= 0.3 is 12.1 Å². The second kappa shape index (κ2) is 9.73. The van der Waals surface area contributed by atoms with E-state index >= 15 is 0 Å². The molecule has 0 radical (unpaired) electrons. The lowest BCUT2D eigenvalue weighted by molar-refractivity contribution is -0.174. The van der Waals surface area contributed by atoms with Gasteiger partial charge in [-0.05, 0) is 48.9 Å². The van der Waals surface area contributed by atoms with E-state index in [1.54, 1.807) is 5.32 Å². The maximum Gasteiger partial charge on any atom is 0.471 e. The Morgan fingerprint density at radius 1 is 1.00 bits per heavy atom. The zero-order valence-electron chi connectivity index (χ0n) is 17.5. The molecule has 2 atom stereocenters. The van der Waals surface area contributed by atoms with Crippen LogP contribution in [-0.2, 0) is 14.6 Å². The Hall–Kier alpha value is -2.95. The normalized spacial score (nSPS) is 13.9.